The molecule has 0 radical (unpaired) electrons. The van der Waals surface area contributed by atoms with Gasteiger partial charge in [0.05, 0.1) is 12.6 Å². The van der Waals surface area contributed by atoms with E-state index < -0.39 is 15.3 Å². The summed E-state index contributed by atoms with van der Waals surface area (Å²) < 4.78 is 34.0. The molecule has 0 N–H and O–H groups in total. The molecule has 2 saturated heterocycles. The number of ether oxygens (including phenoxy) is 1. The lowest BCUT2D eigenvalue weighted by Crippen LogP contribution is -2.44. The summed E-state index contributed by atoms with van der Waals surface area (Å²) in [6, 6.07) is 17.3. The molecule has 2 atom stereocenters. The Kier molecular flexibility index (Phi) is 6.20. The molecular formula is C22H28N2O4S. The topological polar surface area (TPSA) is 59.1 Å². The normalized spacial score (nSPS) is 23.9. The van der Waals surface area contributed by atoms with E-state index in [9.17, 15) is 8.42 Å². The minimum Gasteiger partial charge on any atom is -0.489 e. The Hall–Kier alpha value is -1.93. The fraction of sp³-hybridized carbons (Fsp3) is 0.455. The van der Waals surface area contributed by atoms with Crippen molar-refractivity contribution in [3.05, 3.63) is 65.7 Å². The molecule has 2 aromatic rings. The van der Waals surface area contributed by atoms with Gasteiger partial charge >= 0.3 is 0 Å². The van der Waals surface area contributed by atoms with Crippen molar-refractivity contribution in [3.63, 3.8) is 0 Å². The number of benzene rings is 2. The van der Waals surface area contributed by atoms with Gasteiger partial charge in [-0.1, -0.05) is 48.9 Å². The van der Waals surface area contributed by atoms with Crippen LogP contribution in [-0.4, -0.2) is 49.8 Å². The maximum absolute atomic E-state index is 13.2. The summed E-state index contributed by atoms with van der Waals surface area (Å²) in [6.07, 6.45) is 2.96. The van der Waals surface area contributed by atoms with Gasteiger partial charge in [0.1, 0.15) is 17.6 Å². The van der Waals surface area contributed by atoms with Crippen molar-refractivity contribution >= 4 is 10.0 Å². The predicted molar refractivity (Wildman–Crippen MR) is 112 cm³/mol. The third-order valence-corrected chi connectivity index (χ3v) is 7.96. The highest BCUT2D eigenvalue weighted by atomic mass is 32.2. The molecule has 0 unspecified atom stereocenters. The van der Waals surface area contributed by atoms with Gasteiger partial charge in [-0.25, -0.2) is 12.7 Å². The highest BCUT2D eigenvalue weighted by Crippen LogP contribution is 2.36. The molecule has 0 bridgehead atoms. The van der Waals surface area contributed by atoms with E-state index in [1.165, 1.54) is 0 Å². The quantitative estimate of drug-likeness (QED) is 0.723. The van der Waals surface area contributed by atoms with Crippen LogP contribution in [0.2, 0.25) is 0 Å². The van der Waals surface area contributed by atoms with E-state index in [1.54, 1.807) is 16.4 Å². The average molecular weight is 417 g/mol. The SMILES string of the molecule is CN1OC[C@H](S(=O)(=O)N2CCCCC2)[C@@H]1c1ccc(OCc2ccccc2)cc1. The second kappa shape index (κ2) is 8.83. The maximum Gasteiger partial charge on any atom is 0.221 e. The lowest BCUT2D eigenvalue weighted by molar-refractivity contribution is -0.110. The van der Waals surface area contributed by atoms with Crippen LogP contribution in [-0.2, 0) is 21.5 Å². The van der Waals surface area contributed by atoms with Crippen LogP contribution in [0.3, 0.4) is 0 Å². The molecule has 0 aliphatic carbocycles. The molecule has 6 nitrogen and oxygen atoms in total. The Balaban J connectivity index is 1.48. The fourth-order valence-electron chi connectivity index (χ4n) is 4.08. The van der Waals surface area contributed by atoms with Gasteiger partial charge in [0.2, 0.25) is 10.0 Å². The number of nitrogens with zero attached hydrogens (tertiary/aromatic N) is 2. The first-order chi connectivity index (χ1) is 14.1. The van der Waals surface area contributed by atoms with Gasteiger partial charge in [0.15, 0.2) is 0 Å². The largest absolute Gasteiger partial charge is 0.489 e. The minimum atomic E-state index is -3.41. The standard InChI is InChI=1S/C22H28N2O4S/c1-23-22(21(17-28-23)29(25,26)24-14-6-3-7-15-24)19-10-12-20(13-11-19)27-16-18-8-4-2-5-9-18/h2,4-5,8-13,21-22H,3,6-7,14-17H2,1H3/t21-,22-/m0/s1. The van der Waals surface area contributed by atoms with E-state index in [0.717, 1.165) is 36.1 Å². The zero-order valence-electron chi connectivity index (χ0n) is 16.7. The summed E-state index contributed by atoms with van der Waals surface area (Å²) in [4.78, 5) is 5.64. The first-order valence-electron chi connectivity index (χ1n) is 10.2. The van der Waals surface area contributed by atoms with Crippen LogP contribution in [0, 0.1) is 0 Å². The molecule has 2 aliphatic heterocycles. The van der Waals surface area contributed by atoms with E-state index in [-0.39, 0.29) is 12.6 Å². The highest BCUT2D eigenvalue weighted by Gasteiger charge is 2.45. The lowest BCUT2D eigenvalue weighted by atomic mass is 10.0. The van der Waals surface area contributed by atoms with Gasteiger partial charge < -0.3 is 4.74 Å². The lowest BCUT2D eigenvalue weighted by Gasteiger charge is -2.31. The third kappa shape index (κ3) is 4.48. The molecule has 0 amide bonds. The van der Waals surface area contributed by atoms with Crippen molar-refractivity contribution in [1.82, 2.24) is 9.37 Å². The zero-order valence-corrected chi connectivity index (χ0v) is 17.6. The van der Waals surface area contributed by atoms with E-state index in [1.807, 2.05) is 54.6 Å². The predicted octanol–water partition coefficient (Wildman–Crippen LogP) is 3.37. The number of rotatable bonds is 6. The summed E-state index contributed by atoms with van der Waals surface area (Å²) in [7, 11) is -1.61. The molecule has 2 heterocycles. The molecule has 2 aromatic carbocycles. The van der Waals surface area contributed by atoms with Crippen molar-refractivity contribution in [3.8, 4) is 5.75 Å². The molecule has 4 rings (SSSR count). The van der Waals surface area contributed by atoms with Crippen molar-refractivity contribution < 1.29 is 18.0 Å². The van der Waals surface area contributed by atoms with E-state index >= 15 is 0 Å². The maximum atomic E-state index is 13.2. The number of hydroxylamine groups is 2. The van der Waals surface area contributed by atoms with Crippen LogP contribution in [0.15, 0.2) is 54.6 Å². The third-order valence-electron chi connectivity index (χ3n) is 5.71. The molecule has 156 valence electrons. The second-order valence-electron chi connectivity index (χ2n) is 7.67. The Labute approximate surface area is 173 Å². The van der Waals surface area contributed by atoms with Crippen LogP contribution in [0.25, 0.3) is 0 Å². The van der Waals surface area contributed by atoms with Crippen LogP contribution >= 0.6 is 0 Å². The number of hydrogen-bond donors (Lipinski definition) is 0. The molecule has 0 spiro atoms. The highest BCUT2D eigenvalue weighted by molar-refractivity contribution is 7.89. The molecule has 0 saturated carbocycles. The summed E-state index contributed by atoms with van der Waals surface area (Å²) >= 11 is 0. The van der Waals surface area contributed by atoms with Crippen LogP contribution in [0.5, 0.6) is 5.75 Å². The molecule has 29 heavy (non-hydrogen) atoms. The van der Waals surface area contributed by atoms with Crippen molar-refractivity contribution in [2.75, 3.05) is 26.7 Å². The number of piperidine rings is 1. The van der Waals surface area contributed by atoms with Gasteiger partial charge in [-0.3, -0.25) is 4.84 Å². The fourth-order valence-corrected chi connectivity index (χ4v) is 6.12. The van der Waals surface area contributed by atoms with Gasteiger partial charge in [0, 0.05) is 20.1 Å². The van der Waals surface area contributed by atoms with Gasteiger partial charge in [-0.2, -0.15) is 5.06 Å². The summed E-state index contributed by atoms with van der Waals surface area (Å²) in [6.45, 7) is 1.91. The minimum absolute atomic E-state index is 0.187. The number of sulfonamides is 1. The van der Waals surface area contributed by atoms with Gasteiger partial charge in [0.25, 0.3) is 0 Å². The first-order valence-corrected chi connectivity index (χ1v) is 11.7. The Morgan fingerprint density at radius 2 is 1.69 bits per heavy atom. The molecule has 2 aliphatic rings. The Morgan fingerprint density at radius 3 is 2.38 bits per heavy atom. The monoisotopic (exact) mass is 416 g/mol. The van der Waals surface area contributed by atoms with Crippen LogP contribution in [0.1, 0.15) is 36.4 Å². The Bertz CT molecular complexity index is 896. The van der Waals surface area contributed by atoms with Crippen LogP contribution < -0.4 is 4.74 Å². The molecular weight excluding hydrogens is 388 g/mol. The summed E-state index contributed by atoms with van der Waals surface area (Å²) in [5.41, 5.74) is 2.02. The van der Waals surface area contributed by atoms with E-state index in [4.69, 9.17) is 9.57 Å². The summed E-state index contributed by atoms with van der Waals surface area (Å²) in [5, 5.41) is 1.08. The van der Waals surface area contributed by atoms with Crippen LogP contribution in [0.4, 0.5) is 0 Å². The number of hydrogen-bond acceptors (Lipinski definition) is 5. The van der Waals surface area contributed by atoms with Gasteiger partial charge in [-0.15, -0.1) is 0 Å². The van der Waals surface area contributed by atoms with Crippen molar-refractivity contribution in [1.29, 1.82) is 0 Å². The van der Waals surface area contributed by atoms with E-state index in [2.05, 4.69) is 0 Å². The van der Waals surface area contributed by atoms with Crippen molar-refractivity contribution in [2.45, 2.75) is 37.2 Å². The van der Waals surface area contributed by atoms with Gasteiger partial charge in [-0.05, 0) is 36.1 Å². The molecule has 0 aromatic heterocycles. The van der Waals surface area contributed by atoms with Crippen molar-refractivity contribution in [2.24, 2.45) is 0 Å². The Morgan fingerprint density at radius 1 is 1.00 bits per heavy atom. The summed E-state index contributed by atoms with van der Waals surface area (Å²) in [5.74, 6) is 0.759. The van der Waals surface area contributed by atoms with E-state index in [0.29, 0.717) is 19.7 Å². The smallest absolute Gasteiger partial charge is 0.221 e. The first kappa shape index (κ1) is 20.3. The zero-order chi connectivity index (χ0) is 20.3. The second-order valence-corrected chi connectivity index (χ2v) is 9.83. The average Bonchev–Trinajstić information content (AvgIpc) is 3.16. The molecule has 2 fully saturated rings. The molecule has 7 heteroatoms.